The third-order valence-electron chi connectivity index (χ3n) is 5.70. The number of hydrogen-bond acceptors (Lipinski definition) is 5. The summed E-state index contributed by atoms with van der Waals surface area (Å²) in [5.41, 5.74) is 0.675. The molecule has 3 rings (SSSR count). The second-order valence-corrected chi connectivity index (χ2v) is 9.90. The Balaban J connectivity index is 1.51. The molecule has 8 nitrogen and oxygen atoms in total. The molecule has 0 unspecified atom stereocenters. The lowest BCUT2D eigenvalue weighted by molar-refractivity contribution is 0.0643. The molecule has 1 amide bonds. The lowest BCUT2D eigenvalue weighted by Crippen LogP contribution is -2.48. The summed E-state index contributed by atoms with van der Waals surface area (Å²) in [5.74, 6) is 0.778. The van der Waals surface area contributed by atoms with Crippen LogP contribution in [0.25, 0.3) is 0 Å². The zero-order valence-corrected chi connectivity index (χ0v) is 18.4. The molecule has 0 atom stereocenters. The third-order valence-corrected chi connectivity index (χ3v) is 7.64. The summed E-state index contributed by atoms with van der Waals surface area (Å²) < 4.78 is 33.1. The first-order valence-electron chi connectivity index (χ1n) is 10.3. The van der Waals surface area contributed by atoms with Gasteiger partial charge < -0.3 is 14.5 Å². The van der Waals surface area contributed by atoms with E-state index in [2.05, 4.69) is 11.8 Å². The van der Waals surface area contributed by atoms with E-state index in [1.54, 1.807) is 14.1 Å². The maximum absolute atomic E-state index is 12.7. The molecule has 0 radical (unpaired) electrons. The zero-order chi connectivity index (χ0) is 21.0. The first-order chi connectivity index (χ1) is 13.8. The minimum absolute atomic E-state index is 0.0210. The van der Waals surface area contributed by atoms with Crippen LogP contribution in [0, 0.1) is 0 Å². The first kappa shape index (κ1) is 22.0. The van der Waals surface area contributed by atoms with Crippen LogP contribution < -0.4 is 4.74 Å². The van der Waals surface area contributed by atoms with E-state index in [-0.39, 0.29) is 12.0 Å². The summed E-state index contributed by atoms with van der Waals surface area (Å²) in [4.78, 5) is 16.9. The van der Waals surface area contributed by atoms with Crippen molar-refractivity contribution in [1.29, 1.82) is 0 Å². The molecule has 2 fully saturated rings. The topological polar surface area (TPSA) is 73.4 Å². The second-order valence-electron chi connectivity index (χ2n) is 7.76. The maximum atomic E-state index is 12.7. The summed E-state index contributed by atoms with van der Waals surface area (Å²) in [5, 5.41) is 0. The highest BCUT2D eigenvalue weighted by atomic mass is 32.2. The van der Waals surface area contributed by atoms with Gasteiger partial charge in [0.05, 0.1) is 0 Å². The molecule has 9 heteroatoms. The van der Waals surface area contributed by atoms with Gasteiger partial charge in [0.2, 0.25) is 0 Å². The fraction of sp³-hybridized carbons (Fsp3) is 0.650. The number of amides is 1. The highest BCUT2D eigenvalue weighted by Gasteiger charge is 2.30. The zero-order valence-electron chi connectivity index (χ0n) is 17.6. The van der Waals surface area contributed by atoms with E-state index in [0.29, 0.717) is 37.2 Å². The van der Waals surface area contributed by atoms with Crippen molar-refractivity contribution in [2.75, 3.05) is 59.9 Å². The molecule has 0 bridgehead atoms. The number of hydrogen-bond donors (Lipinski definition) is 0. The number of piperazine rings is 1. The lowest BCUT2D eigenvalue weighted by atomic mass is 10.1. The Kier molecular flexibility index (Phi) is 7.15. The quantitative estimate of drug-likeness (QED) is 0.684. The number of carbonyl (C=O) groups is 1. The van der Waals surface area contributed by atoms with Crippen LogP contribution in [0.1, 0.15) is 30.1 Å². The van der Waals surface area contributed by atoms with Crippen molar-refractivity contribution < 1.29 is 17.9 Å². The van der Waals surface area contributed by atoms with E-state index in [0.717, 1.165) is 32.7 Å². The normalized spacial score (nSPS) is 20.2. The molecule has 2 aliphatic heterocycles. The van der Waals surface area contributed by atoms with Gasteiger partial charge in [-0.25, -0.2) is 0 Å². The molecule has 29 heavy (non-hydrogen) atoms. The van der Waals surface area contributed by atoms with Crippen LogP contribution in [0.4, 0.5) is 0 Å². The summed E-state index contributed by atoms with van der Waals surface area (Å²) >= 11 is 0. The van der Waals surface area contributed by atoms with E-state index >= 15 is 0 Å². The van der Waals surface area contributed by atoms with Crippen molar-refractivity contribution >= 4 is 16.1 Å². The summed E-state index contributed by atoms with van der Waals surface area (Å²) in [6, 6.07) is 7.29. The van der Waals surface area contributed by atoms with Crippen LogP contribution in [0.15, 0.2) is 24.3 Å². The Morgan fingerprint density at radius 1 is 1.03 bits per heavy atom. The lowest BCUT2D eigenvalue weighted by Gasteiger charge is -2.34. The molecule has 0 N–H and O–H groups in total. The average Bonchev–Trinajstić information content (AvgIpc) is 2.74. The van der Waals surface area contributed by atoms with Crippen molar-refractivity contribution in [3.63, 3.8) is 0 Å². The van der Waals surface area contributed by atoms with Gasteiger partial charge in [-0.1, -0.05) is 6.92 Å². The van der Waals surface area contributed by atoms with Crippen molar-refractivity contribution in [2.24, 2.45) is 0 Å². The number of benzene rings is 1. The van der Waals surface area contributed by atoms with Crippen LogP contribution in [-0.2, 0) is 10.2 Å². The number of piperidine rings is 1. The number of carbonyl (C=O) groups excluding carboxylic acids is 1. The predicted octanol–water partition coefficient (Wildman–Crippen LogP) is 1.11. The number of ether oxygens (including phenoxy) is 1. The van der Waals surface area contributed by atoms with Gasteiger partial charge in [-0.3, -0.25) is 4.79 Å². The first-order valence-corrected chi connectivity index (χ1v) is 11.7. The molecule has 162 valence electrons. The highest BCUT2D eigenvalue weighted by molar-refractivity contribution is 7.86. The molecule has 2 aliphatic rings. The van der Waals surface area contributed by atoms with E-state index in [1.165, 1.54) is 8.61 Å². The van der Waals surface area contributed by atoms with Crippen LogP contribution >= 0.6 is 0 Å². The smallest absolute Gasteiger partial charge is 0.281 e. The van der Waals surface area contributed by atoms with Crippen molar-refractivity contribution in [3.05, 3.63) is 29.8 Å². The van der Waals surface area contributed by atoms with Gasteiger partial charge in [0.1, 0.15) is 11.9 Å². The van der Waals surface area contributed by atoms with Gasteiger partial charge in [0.25, 0.3) is 16.1 Å². The molecule has 0 aliphatic carbocycles. The van der Waals surface area contributed by atoms with E-state index < -0.39 is 10.2 Å². The Bertz CT molecular complexity index is 781. The predicted molar refractivity (Wildman–Crippen MR) is 112 cm³/mol. The monoisotopic (exact) mass is 424 g/mol. The van der Waals surface area contributed by atoms with Crippen LogP contribution in [0.3, 0.4) is 0 Å². The molecule has 0 saturated carbocycles. The largest absolute Gasteiger partial charge is 0.490 e. The number of likely N-dealkylation sites (N-methyl/N-ethyl adjacent to an activating group) is 1. The number of rotatable bonds is 6. The fourth-order valence-electron chi connectivity index (χ4n) is 3.73. The van der Waals surface area contributed by atoms with Crippen molar-refractivity contribution in [1.82, 2.24) is 18.4 Å². The van der Waals surface area contributed by atoms with Crippen LogP contribution in [0.5, 0.6) is 5.75 Å². The van der Waals surface area contributed by atoms with Gasteiger partial charge in [-0.2, -0.15) is 17.0 Å². The standard InChI is InChI=1S/C20H32N4O4S/c1-4-22-13-15-23(16-14-22)20(25)17-5-7-18(8-6-17)28-19-9-11-24(12-10-19)29(26,27)21(2)3/h5-8,19H,4,9-16H2,1-3H3. The summed E-state index contributed by atoms with van der Waals surface area (Å²) in [6.45, 7) is 7.43. The molecule has 1 aromatic rings. The Hall–Kier alpha value is -1.68. The molecule has 0 aromatic heterocycles. The minimum Gasteiger partial charge on any atom is -0.490 e. The SMILES string of the molecule is CCN1CCN(C(=O)c2ccc(OC3CCN(S(=O)(=O)N(C)C)CC3)cc2)CC1. The van der Waals surface area contributed by atoms with Gasteiger partial charge >= 0.3 is 0 Å². The van der Waals surface area contributed by atoms with Crippen LogP contribution in [0.2, 0.25) is 0 Å². The van der Waals surface area contributed by atoms with Gasteiger partial charge in [-0.15, -0.1) is 0 Å². The average molecular weight is 425 g/mol. The summed E-state index contributed by atoms with van der Waals surface area (Å²) in [6.07, 6.45) is 1.28. The molecule has 1 aromatic carbocycles. The van der Waals surface area contributed by atoms with Crippen LogP contribution in [-0.4, -0.2) is 98.7 Å². The van der Waals surface area contributed by atoms with Gasteiger partial charge in [0.15, 0.2) is 0 Å². The van der Waals surface area contributed by atoms with Gasteiger partial charge in [-0.05, 0) is 43.7 Å². The minimum atomic E-state index is -3.36. The highest BCUT2D eigenvalue weighted by Crippen LogP contribution is 2.22. The second kappa shape index (κ2) is 9.42. The fourth-order valence-corrected chi connectivity index (χ4v) is 4.86. The molecular formula is C20H32N4O4S. The Morgan fingerprint density at radius 3 is 2.14 bits per heavy atom. The van der Waals surface area contributed by atoms with E-state index in [1.807, 2.05) is 29.2 Å². The van der Waals surface area contributed by atoms with E-state index in [4.69, 9.17) is 4.74 Å². The van der Waals surface area contributed by atoms with Crippen molar-refractivity contribution in [3.8, 4) is 5.75 Å². The Morgan fingerprint density at radius 2 is 1.62 bits per heavy atom. The summed E-state index contributed by atoms with van der Waals surface area (Å²) in [7, 11) is -0.269. The van der Waals surface area contributed by atoms with Crippen molar-refractivity contribution in [2.45, 2.75) is 25.9 Å². The molecule has 2 heterocycles. The maximum Gasteiger partial charge on any atom is 0.281 e. The molecular weight excluding hydrogens is 392 g/mol. The van der Waals surface area contributed by atoms with Gasteiger partial charge in [0, 0.05) is 58.9 Å². The Labute approximate surface area is 174 Å². The number of nitrogens with zero attached hydrogens (tertiary/aromatic N) is 4. The molecule has 2 saturated heterocycles. The van der Waals surface area contributed by atoms with E-state index in [9.17, 15) is 13.2 Å². The molecule has 0 spiro atoms. The third kappa shape index (κ3) is 5.28.